The van der Waals surface area contributed by atoms with Gasteiger partial charge in [0.25, 0.3) is 5.69 Å². The molecule has 6 heteroatoms. The van der Waals surface area contributed by atoms with Gasteiger partial charge in [0.15, 0.2) is 0 Å². The van der Waals surface area contributed by atoms with Crippen molar-refractivity contribution in [3.63, 3.8) is 0 Å². The lowest BCUT2D eigenvalue weighted by atomic mass is 10.0. The van der Waals surface area contributed by atoms with Crippen LogP contribution in [0.15, 0.2) is 24.3 Å². The van der Waals surface area contributed by atoms with Crippen molar-refractivity contribution < 1.29 is 9.72 Å². The van der Waals surface area contributed by atoms with Gasteiger partial charge in [-0.05, 0) is 18.4 Å². The molecule has 1 N–H and O–H groups in total. The maximum Gasteiger partial charge on any atom is 0.292 e. The quantitative estimate of drug-likeness (QED) is 0.640. The van der Waals surface area contributed by atoms with Gasteiger partial charge >= 0.3 is 0 Å². The van der Waals surface area contributed by atoms with Crippen LogP contribution in [0.4, 0.5) is 11.4 Å². The molecule has 108 valence electrons. The maximum absolute atomic E-state index is 11.9. The molecule has 1 aliphatic heterocycles. The second-order valence-electron chi connectivity index (χ2n) is 5.08. The summed E-state index contributed by atoms with van der Waals surface area (Å²) in [5.41, 5.74) is 0.480. The highest BCUT2D eigenvalue weighted by atomic mass is 16.6. The summed E-state index contributed by atoms with van der Waals surface area (Å²) in [6.45, 7) is 3.17. The molecule has 0 spiro atoms. The van der Waals surface area contributed by atoms with Crippen LogP contribution in [0.5, 0.6) is 0 Å². The fourth-order valence-corrected chi connectivity index (χ4v) is 2.57. The SMILES string of the molecule is CCCC1CC(=O)N(CNc2ccccc2[N+](=O)[O-])C1. The largest absolute Gasteiger partial charge is 0.362 e. The Balaban J connectivity index is 1.96. The van der Waals surface area contributed by atoms with E-state index in [1.54, 1.807) is 23.1 Å². The van der Waals surface area contributed by atoms with Crippen LogP contribution in [-0.2, 0) is 4.79 Å². The average molecular weight is 277 g/mol. The predicted molar refractivity (Wildman–Crippen MR) is 76.3 cm³/mol. The number of amides is 1. The van der Waals surface area contributed by atoms with Crippen LogP contribution in [0.3, 0.4) is 0 Å². The van der Waals surface area contributed by atoms with Crippen molar-refractivity contribution in [2.75, 3.05) is 18.5 Å². The third-order valence-corrected chi connectivity index (χ3v) is 3.55. The van der Waals surface area contributed by atoms with Gasteiger partial charge in [-0.3, -0.25) is 14.9 Å². The van der Waals surface area contributed by atoms with Gasteiger partial charge in [0.05, 0.1) is 11.6 Å². The lowest BCUT2D eigenvalue weighted by molar-refractivity contribution is -0.384. The molecule has 0 radical (unpaired) electrons. The van der Waals surface area contributed by atoms with E-state index in [2.05, 4.69) is 12.2 Å². The van der Waals surface area contributed by atoms with E-state index in [4.69, 9.17) is 0 Å². The molecular formula is C14H19N3O3. The summed E-state index contributed by atoms with van der Waals surface area (Å²) < 4.78 is 0. The molecule has 20 heavy (non-hydrogen) atoms. The Morgan fingerprint density at radius 3 is 2.90 bits per heavy atom. The number of likely N-dealkylation sites (tertiary alicyclic amines) is 1. The molecule has 1 aromatic rings. The highest BCUT2D eigenvalue weighted by Crippen LogP contribution is 2.25. The molecule has 6 nitrogen and oxygen atoms in total. The van der Waals surface area contributed by atoms with Crippen molar-refractivity contribution in [3.05, 3.63) is 34.4 Å². The topological polar surface area (TPSA) is 75.5 Å². The number of rotatable bonds is 6. The Morgan fingerprint density at radius 1 is 1.45 bits per heavy atom. The van der Waals surface area contributed by atoms with Crippen LogP contribution in [0.1, 0.15) is 26.2 Å². The first-order valence-corrected chi connectivity index (χ1v) is 6.87. The minimum Gasteiger partial charge on any atom is -0.362 e. The summed E-state index contributed by atoms with van der Waals surface area (Å²) in [6.07, 6.45) is 2.71. The molecule has 2 rings (SSSR count). The molecule has 1 aromatic carbocycles. The summed E-state index contributed by atoms with van der Waals surface area (Å²) in [5.74, 6) is 0.537. The average Bonchev–Trinajstić information content (AvgIpc) is 2.77. The molecule has 0 bridgehead atoms. The van der Waals surface area contributed by atoms with Crippen molar-refractivity contribution >= 4 is 17.3 Å². The summed E-state index contributed by atoms with van der Waals surface area (Å²) in [6, 6.07) is 6.47. The summed E-state index contributed by atoms with van der Waals surface area (Å²) in [4.78, 5) is 24.1. The lowest BCUT2D eigenvalue weighted by Gasteiger charge is -2.18. The molecule has 0 saturated carbocycles. The highest BCUT2D eigenvalue weighted by molar-refractivity contribution is 5.79. The van der Waals surface area contributed by atoms with Crippen molar-refractivity contribution in [3.8, 4) is 0 Å². The number of anilines is 1. The zero-order valence-electron chi connectivity index (χ0n) is 11.5. The fraction of sp³-hybridized carbons (Fsp3) is 0.500. The molecule has 1 saturated heterocycles. The number of nitrogens with one attached hydrogen (secondary N) is 1. The number of hydrogen-bond donors (Lipinski definition) is 1. The Labute approximate surface area is 117 Å². The van der Waals surface area contributed by atoms with Crippen molar-refractivity contribution in [1.29, 1.82) is 0 Å². The van der Waals surface area contributed by atoms with Gasteiger partial charge < -0.3 is 10.2 Å². The van der Waals surface area contributed by atoms with E-state index in [1.165, 1.54) is 6.07 Å². The standard InChI is InChI=1S/C14H19N3O3/c1-2-5-11-8-14(18)16(9-11)10-15-12-6-3-4-7-13(12)17(19)20/h3-4,6-7,11,15H,2,5,8-10H2,1H3. The Bertz CT molecular complexity index is 504. The zero-order chi connectivity index (χ0) is 14.5. The fourth-order valence-electron chi connectivity index (χ4n) is 2.57. The first kappa shape index (κ1) is 14.3. The van der Waals surface area contributed by atoms with Gasteiger partial charge in [0.1, 0.15) is 5.69 Å². The minimum absolute atomic E-state index is 0.0317. The molecule has 1 aliphatic rings. The molecule has 0 aliphatic carbocycles. The molecule has 1 atom stereocenters. The van der Waals surface area contributed by atoms with Crippen molar-refractivity contribution in [2.24, 2.45) is 5.92 Å². The Kier molecular flexibility index (Phi) is 4.55. The third kappa shape index (κ3) is 3.26. The first-order chi connectivity index (χ1) is 9.61. The van der Waals surface area contributed by atoms with Gasteiger partial charge in [-0.2, -0.15) is 0 Å². The number of nitrogens with zero attached hydrogens (tertiary/aromatic N) is 2. The Morgan fingerprint density at radius 2 is 2.20 bits per heavy atom. The van der Waals surface area contributed by atoms with Crippen LogP contribution < -0.4 is 5.32 Å². The minimum atomic E-state index is -0.423. The number of para-hydroxylation sites is 2. The maximum atomic E-state index is 11.9. The highest BCUT2D eigenvalue weighted by Gasteiger charge is 2.28. The first-order valence-electron chi connectivity index (χ1n) is 6.87. The number of nitro groups is 1. The van der Waals surface area contributed by atoms with Crippen molar-refractivity contribution in [1.82, 2.24) is 4.90 Å². The number of benzene rings is 1. The number of nitro benzene ring substituents is 1. The van der Waals surface area contributed by atoms with E-state index in [1.807, 2.05) is 0 Å². The van der Waals surface area contributed by atoms with E-state index in [9.17, 15) is 14.9 Å². The summed E-state index contributed by atoms with van der Waals surface area (Å²) in [5, 5.41) is 13.9. The number of carbonyl (C=O) groups excluding carboxylic acids is 1. The van der Waals surface area contributed by atoms with Gasteiger partial charge in [-0.15, -0.1) is 0 Å². The number of carbonyl (C=O) groups is 1. The second-order valence-corrected chi connectivity index (χ2v) is 5.08. The van der Waals surface area contributed by atoms with E-state index < -0.39 is 4.92 Å². The van der Waals surface area contributed by atoms with Crippen LogP contribution in [-0.4, -0.2) is 28.9 Å². The van der Waals surface area contributed by atoms with E-state index in [0.717, 1.165) is 19.4 Å². The third-order valence-electron chi connectivity index (χ3n) is 3.55. The molecule has 1 unspecified atom stereocenters. The summed E-state index contributed by atoms with van der Waals surface area (Å²) in [7, 11) is 0. The van der Waals surface area contributed by atoms with Gasteiger partial charge in [-0.1, -0.05) is 25.5 Å². The second kappa shape index (κ2) is 6.36. The molecule has 1 fully saturated rings. The van der Waals surface area contributed by atoms with Crippen LogP contribution >= 0.6 is 0 Å². The van der Waals surface area contributed by atoms with Crippen molar-refractivity contribution in [2.45, 2.75) is 26.2 Å². The van der Waals surface area contributed by atoms with E-state index in [-0.39, 0.29) is 11.6 Å². The molecule has 1 heterocycles. The predicted octanol–water partition coefficient (Wildman–Crippen LogP) is 2.61. The van der Waals surface area contributed by atoms with Gasteiger partial charge in [0, 0.05) is 19.0 Å². The molecular weight excluding hydrogens is 258 g/mol. The number of hydrogen-bond acceptors (Lipinski definition) is 4. The molecule has 1 amide bonds. The normalized spacial score (nSPS) is 18.4. The Hall–Kier alpha value is -2.11. The zero-order valence-corrected chi connectivity index (χ0v) is 11.5. The monoisotopic (exact) mass is 277 g/mol. The van der Waals surface area contributed by atoms with Gasteiger partial charge in [0.2, 0.25) is 5.91 Å². The van der Waals surface area contributed by atoms with Crippen LogP contribution in [0.2, 0.25) is 0 Å². The van der Waals surface area contributed by atoms with Crippen LogP contribution in [0, 0.1) is 16.0 Å². The lowest BCUT2D eigenvalue weighted by Crippen LogP contribution is -2.31. The summed E-state index contributed by atoms with van der Waals surface area (Å²) >= 11 is 0. The molecule has 0 aromatic heterocycles. The van der Waals surface area contributed by atoms with E-state index in [0.29, 0.717) is 24.7 Å². The van der Waals surface area contributed by atoms with Gasteiger partial charge in [-0.25, -0.2) is 0 Å². The van der Waals surface area contributed by atoms with E-state index >= 15 is 0 Å². The smallest absolute Gasteiger partial charge is 0.292 e. The van der Waals surface area contributed by atoms with Crippen LogP contribution in [0.25, 0.3) is 0 Å².